The van der Waals surface area contributed by atoms with Crippen molar-refractivity contribution in [2.24, 2.45) is 0 Å². The smallest absolute Gasteiger partial charge is 0.321 e. The molecule has 3 aromatic rings. The van der Waals surface area contributed by atoms with Crippen molar-refractivity contribution in [2.75, 3.05) is 13.2 Å². The lowest BCUT2D eigenvalue weighted by molar-refractivity contribution is -0.141. The Morgan fingerprint density at radius 2 is 1.88 bits per heavy atom. The van der Waals surface area contributed by atoms with Crippen LogP contribution < -0.4 is 4.72 Å². The Bertz CT molecular complexity index is 1230. The second-order valence-electron chi connectivity index (χ2n) is 7.43. The molecular weight excluding hydrogens is 460 g/mol. The minimum absolute atomic E-state index is 0.328. The van der Waals surface area contributed by atoms with Crippen LogP contribution in [0, 0.1) is 13.8 Å². The minimum atomic E-state index is -3.82. The molecule has 0 aliphatic carbocycles. The fourth-order valence-corrected chi connectivity index (χ4v) is 4.77. The Kier molecular flexibility index (Phi) is 8.37. The van der Waals surface area contributed by atoms with E-state index in [-0.39, 0.29) is 5.78 Å². The number of thiophene rings is 1. The van der Waals surface area contributed by atoms with Crippen LogP contribution in [-0.4, -0.2) is 37.9 Å². The number of nitrogens with zero attached hydrogens (tertiary/aromatic N) is 1. The van der Waals surface area contributed by atoms with Gasteiger partial charge in [-0.3, -0.25) is 9.59 Å². The van der Waals surface area contributed by atoms with E-state index in [1.807, 2.05) is 31.4 Å². The van der Waals surface area contributed by atoms with Crippen LogP contribution in [0.3, 0.4) is 0 Å². The second kappa shape index (κ2) is 11.2. The topological polar surface area (TPSA) is 94.5 Å². The molecule has 0 atom stereocenters. The summed E-state index contributed by atoms with van der Waals surface area (Å²) >= 11 is 1.70. The number of carbonyl (C=O) groups excluding carboxylic acids is 2. The predicted molar refractivity (Wildman–Crippen MR) is 130 cm³/mol. The van der Waals surface area contributed by atoms with E-state index >= 15 is 0 Å². The number of benzene rings is 1. The molecular formula is C24H26N2O5S2. The first kappa shape index (κ1) is 24.6. The molecule has 7 nitrogen and oxygen atoms in total. The van der Waals surface area contributed by atoms with Gasteiger partial charge in [0.2, 0.25) is 15.8 Å². The van der Waals surface area contributed by atoms with E-state index in [9.17, 15) is 18.0 Å². The van der Waals surface area contributed by atoms with Gasteiger partial charge in [0.25, 0.3) is 0 Å². The second-order valence-corrected chi connectivity index (χ2v) is 10.1. The van der Waals surface area contributed by atoms with Crippen LogP contribution >= 0.6 is 11.3 Å². The molecule has 1 aromatic carbocycles. The monoisotopic (exact) mass is 486 g/mol. The third-order valence-corrected chi connectivity index (χ3v) is 7.03. The molecule has 3 rings (SSSR count). The predicted octanol–water partition coefficient (Wildman–Crippen LogP) is 3.73. The number of aryl methyl sites for hydroxylation is 2. The van der Waals surface area contributed by atoms with Gasteiger partial charge in [0.15, 0.2) is 6.61 Å². The first-order chi connectivity index (χ1) is 15.7. The standard InChI is InChI=1S/C24H26N2O5S2/c1-18-15-22(19(2)26(18)12-10-21-9-6-13-32-21)23(27)17-31-24(28)16-25-33(29,30)14-11-20-7-4-3-5-8-20/h3-9,11,13-15,25H,10,12,16-17H2,1-2H3/b14-11+. The molecule has 0 spiro atoms. The van der Waals surface area contributed by atoms with Crippen LogP contribution in [0.15, 0.2) is 59.3 Å². The third kappa shape index (κ3) is 7.24. The van der Waals surface area contributed by atoms with E-state index in [2.05, 4.69) is 15.4 Å². The molecule has 1 N–H and O–H groups in total. The van der Waals surface area contributed by atoms with Crippen LogP contribution in [-0.2, 0) is 32.5 Å². The maximum Gasteiger partial charge on any atom is 0.321 e. The number of Topliss-reactive ketones (excluding diaryl/α,β-unsaturated/α-hetero) is 1. The first-order valence-corrected chi connectivity index (χ1v) is 12.8. The third-order valence-electron chi connectivity index (χ3n) is 5.06. The van der Waals surface area contributed by atoms with Crippen molar-refractivity contribution >= 4 is 39.2 Å². The molecule has 0 fully saturated rings. The maximum absolute atomic E-state index is 12.6. The zero-order chi connectivity index (χ0) is 23.8. The van der Waals surface area contributed by atoms with Crippen molar-refractivity contribution in [3.63, 3.8) is 0 Å². The van der Waals surface area contributed by atoms with Crippen molar-refractivity contribution < 1.29 is 22.7 Å². The summed E-state index contributed by atoms with van der Waals surface area (Å²) in [6.45, 7) is 3.54. The fraction of sp³-hybridized carbons (Fsp3) is 0.250. The van der Waals surface area contributed by atoms with Gasteiger partial charge in [-0.1, -0.05) is 36.4 Å². The van der Waals surface area contributed by atoms with Gasteiger partial charge in [-0.2, -0.15) is 0 Å². The summed E-state index contributed by atoms with van der Waals surface area (Å²) in [5.41, 5.74) is 2.98. The van der Waals surface area contributed by atoms with Crippen molar-refractivity contribution in [3.8, 4) is 0 Å². The average Bonchev–Trinajstić information content (AvgIpc) is 3.42. The Morgan fingerprint density at radius 1 is 1.12 bits per heavy atom. The van der Waals surface area contributed by atoms with Crippen molar-refractivity contribution in [1.82, 2.24) is 9.29 Å². The highest BCUT2D eigenvalue weighted by atomic mass is 32.2. The lowest BCUT2D eigenvalue weighted by Gasteiger charge is -2.09. The minimum Gasteiger partial charge on any atom is -0.456 e. The van der Waals surface area contributed by atoms with Gasteiger partial charge in [0, 0.05) is 33.8 Å². The highest BCUT2D eigenvalue weighted by Crippen LogP contribution is 2.18. The quantitative estimate of drug-likeness (QED) is 0.329. The van der Waals surface area contributed by atoms with Gasteiger partial charge in [0.05, 0.1) is 0 Å². The van der Waals surface area contributed by atoms with Gasteiger partial charge >= 0.3 is 5.97 Å². The first-order valence-electron chi connectivity index (χ1n) is 10.4. The number of ketones is 1. The van der Waals surface area contributed by atoms with Crippen molar-refractivity contribution in [3.05, 3.63) is 86.7 Å². The van der Waals surface area contributed by atoms with E-state index < -0.39 is 29.1 Å². The average molecular weight is 487 g/mol. The highest BCUT2D eigenvalue weighted by molar-refractivity contribution is 7.92. The van der Waals surface area contributed by atoms with Crippen LogP contribution in [0.5, 0.6) is 0 Å². The normalized spacial score (nSPS) is 11.7. The molecule has 0 bridgehead atoms. The van der Waals surface area contributed by atoms with E-state index in [4.69, 9.17) is 4.74 Å². The molecule has 0 saturated carbocycles. The number of ether oxygens (including phenoxy) is 1. The van der Waals surface area contributed by atoms with E-state index in [0.717, 1.165) is 29.8 Å². The van der Waals surface area contributed by atoms with Gasteiger partial charge in [-0.15, -0.1) is 11.3 Å². The SMILES string of the molecule is Cc1cc(C(=O)COC(=O)CNS(=O)(=O)/C=C/c2ccccc2)c(C)n1CCc1cccs1. The molecule has 33 heavy (non-hydrogen) atoms. The Hall–Kier alpha value is -3.01. The number of hydrogen-bond acceptors (Lipinski definition) is 6. The summed E-state index contributed by atoms with van der Waals surface area (Å²) in [5, 5.41) is 3.01. The zero-order valence-corrected chi connectivity index (χ0v) is 20.1. The molecule has 2 aromatic heterocycles. The molecule has 0 radical (unpaired) electrons. The van der Waals surface area contributed by atoms with Gasteiger partial charge in [-0.25, -0.2) is 13.1 Å². The number of hydrogen-bond donors (Lipinski definition) is 1. The van der Waals surface area contributed by atoms with E-state index in [1.165, 1.54) is 11.0 Å². The molecule has 9 heteroatoms. The Morgan fingerprint density at radius 3 is 2.58 bits per heavy atom. The highest BCUT2D eigenvalue weighted by Gasteiger charge is 2.18. The lowest BCUT2D eigenvalue weighted by Crippen LogP contribution is -2.30. The number of carbonyl (C=O) groups is 2. The molecule has 0 aliphatic heterocycles. The van der Waals surface area contributed by atoms with Gasteiger partial charge in [-0.05, 0) is 49.4 Å². The van der Waals surface area contributed by atoms with Gasteiger partial charge < -0.3 is 9.30 Å². The summed E-state index contributed by atoms with van der Waals surface area (Å²) in [4.78, 5) is 25.8. The summed E-state index contributed by atoms with van der Waals surface area (Å²) in [6, 6.07) is 14.8. The van der Waals surface area contributed by atoms with Crippen molar-refractivity contribution in [1.29, 1.82) is 0 Å². The summed E-state index contributed by atoms with van der Waals surface area (Å²) in [7, 11) is -3.82. The maximum atomic E-state index is 12.6. The number of nitrogens with one attached hydrogen (secondary N) is 1. The molecule has 0 aliphatic rings. The van der Waals surface area contributed by atoms with Crippen LogP contribution in [0.25, 0.3) is 6.08 Å². The molecule has 0 unspecified atom stereocenters. The molecule has 0 amide bonds. The Labute approximate surface area is 197 Å². The summed E-state index contributed by atoms with van der Waals surface area (Å²) in [6.07, 6.45) is 2.29. The number of aromatic nitrogens is 1. The Balaban J connectivity index is 1.49. The molecule has 2 heterocycles. The lowest BCUT2D eigenvalue weighted by atomic mass is 10.1. The summed E-state index contributed by atoms with van der Waals surface area (Å²) in [5.74, 6) is -1.16. The van der Waals surface area contributed by atoms with Crippen LogP contribution in [0.1, 0.15) is 32.2 Å². The van der Waals surface area contributed by atoms with E-state index in [1.54, 1.807) is 41.7 Å². The van der Waals surface area contributed by atoms with Crippen LogP contribution in [0.2, 0.25) is 0 Å². The van der Waals surface area contributed by atoms with E-state index in [0.29, 0.717) is 11.1 Å². The van der Waals surface area contributed by atoms with Gasteiger partial charge in [0.1, 0.15) is 6.54 Å². The number of rotatable bonds is 11. The number of esters is 1. The molecule has 0 saturated heterocycles. The van der Waals surface area contributed by atoms with Crippen LogP contribution in [0.4, 0.5) is 0 Å². The fourth-order valence-electron chi connectivity index (χ4n) is 3.32. The largest absolute Gasteiger partial charge is 0.456 e. The summed E-state index contributed by atoms with van der Waals surface area (Å²) < 4.78 is 33.3. The zero-order valence-electron chi connectivity index (χ0n) is 18.5. The molecule has 174 valence electrons. The number of sulfonamides is 1. The van der Waals surface area contributed by atoms with Crippen molar-refractivity contribution in [2.45, 2.75) is 26.8 Å².